The molecule has 31 heavy (non-hydrogen) atoms. The van der Waals surface area contributed by atoms with E-state index in [1.54, 1.807) is 23.1 Å². The number of rotatable bonds is 3. The second-order valence-electron chi connectivity index (χ2n) is 8.07. The normalized spacial score (nSPS) is 19.6. The first-order valence-electron chi connectivity index (χ1n) is 10.3. The van der Waals surface area contributed by atoms with Crippen LogP contribution in [0.5, 0.6) is 0 Å². The molecule has 4 nitrogen and oxygen atoms in total. The molecule has 1 fully saturated rings. The van der Waals surface area contributed by atoms with Gasteiger partial charge in [-0.2, -0.15) is 0 Å². The molecule has 2 aromatic rings. The first-order valence-corrected chi connectivity index (χ1v) is 10.3. The summed E-state index contributed by atoms with van der Waals surface area (Å²) in [7, 11) is 2.09. The smallest absolute Gasteiger partial charge is 0.241 e. The van der Waals surface area contributed by atoms with E-state index in [2.05, 4.69) is 16.8 Å². The van der Waals surface area contributed by atoms with E-state index in [1.165, 1.54) is 24.3 Å². The molecule has 0 bridgehead atoms. The van der Waals surface area contributed by atoms with Crippen LogP contribution in [0.15, 0.2) is 42.5 Å². The third-order valence-electron chi connectivity index (χ3n) is 6.06. The Hall–Kier alpha value is -1.73. The van der Waals surface area contributed by atoms with Gasteiger partial charge in [0.25, 0.3) is 0 Å². The quantitative estimate of drug-likeness (QED) is 0.666. The summed E-state index contributed by atoms with van der Waals surface area (Å²) in [5.74, 6) is -0.583. The Kier molecular flexibility index (Phi) is 9.25. The molecule has 1 amide bonds. The van der Waals surface area contributed by atoms with Crippen LogP contribution in [0.25, 0.3) is 0 Å². The average molecular weight is 472 g/mol. The summed E-state index contributed by atoms with van der Waals surface area (Å²) >= 11 is 0. The number of amides is 1. The van der Waals surface area contributed by atoms with Crippen molar-refractivity contribution >= 4 is 36.4 Å². The summed E-state index contributed by atoms with van der Waals surface area (Å²) in [6, 6.07) is 11.2. The number of hydrogen-bond donors (Lipinski definition) is 0. The lowest BCUT2D eigenvalue weighted by Gasteiger charge is -2.33. The van der Waals surface area contributed by atoms with Crippen LogP contribution in [-0.2, 0) is 4.79 Å². The molecule has 4 rings (SSSR count). The van der Waals surface area contributed by atoms with E-state index in [1.807, 2.05) is 0 Å². The molecule has 0 N–H and O–H groups in total. The van der Waals surface area contributed by atoms with Gasteiger partial charge in [0.1, 0.15) is 11.6 Å². The highest BCUT2D eigenvalue weighted by molar-refractivity contribution is 5.96. The minimum Gasteiger partial charge on any atom is -0.311 e. The van der Waals surface area contributed by atoms with Crippen LogP contribution >= 0.6 is 24.8 Å². The van der Waals surface area contributed by atoms with Crippen LogP contribution in [0.4, 0.5) is 14.5 Å². The Morgan fingerprint density at radius 1 is 0.935 bits per heavy atom. The van der Waals surface area contributed by atoms with Gasteiger partial charge >= 0.3 is 0 Å². The maximum atomic E-state index is 14.1. The highest BCUT2D eigenvalue weighted by Crippen LogP contribution is 2.39. The molecule has 0 spiro atoms. The molecule has 2 aromatic carbocycles. The van der Waals surface area contributed by atoms with Crippen LogP contribution in [0.1, 0.15) is 29.9 Å². The van der Waals surface area contributed by atoms with Crippen molar-refractivity contribution in [2.24, 2.45) is 0 Å². The number of benzene rings is 2. The van der Waals surface area contributed by atoms with E-state index in [0.29, 0.717) is 18.8 Å². The van der Waals surface area contributed by atoms with E-state index >= 15 is 0 Å². The highest BCUT2D eigenvalue weighted by atomic mass is 35.5. The third kappa shape index (κ3) is 5.95. The van der Waals surface area contributed by atoms with Gasteiger partial charge in [-0.15, -0.1) is 24.8 Å². The van der Waals surface area contributed by atoms with E-state index in [4.69, 9.17) is 0 Å². The van der Waals surface area contributed by atoms with Crippen molar-refractivity contribution in [1.29, 1.82) is 0 Å². The highest BCUT2D eigenvalue weighted by Gasteiger charge is 2.29. The van der Waals surface area contributed by atoms with E-state index < -0.39 is 0 Å². The van der Waals surface area contributed by atoms with Gasteiger partial charge in [0, 0.05) is 38.6 Å². The number of hydrogen-bond acceptors (Lipinski definition) is 3. The van der Waals surface area contributed by atoms with E-state index in [-0.39, 0.29) is 48.3 Å². The SMILES string of the molecule is CN1CCN(CC(=O)N2CCCC(c3ccc(F)cc3)c3ccc(F)cc32)CC1.Cl.Cl. The van der Waals surface area contributed by atoms with Crippen LogP contribution in [0, 0.1) is 11.6 Å². The standard InChI is InChI=1S/C23H27F2N3O.2ClH/c1-26-11-13-27(14-12-26)16-23(29)28-10-2-3-20(17-4-6-18(24)7-5-17)21-9-8-19(25)15-22(21)28;;/h4-9,15,20H,2-3,10-14,16H2,1H3;2*1H. The molecule has 2 aliphatic heterocycles. The molecule has 0 aromatic heterocycles. The maximum absolute atomic E-state index is 14.1. The van der Waals surface area contributed by atoms with Gasteiger partial charge in [0.2, 0.25) is 5.91 Å². The van der Waals surface area contributed by atoms with Gasteiger partial charge < -0.3 is 9.80 Å². The van der Waals surface area contributed by atoms with Crippen molar-refractivity contribution in [2.75, 3.05) is 51.2 Å². The number of carbonyl (C=O) groups excluding carboxylic acids is 1. The second kappa shape index (κ2) is 11.2. The van der Waals surface area contributed by atoms with Crippen molar-refractivity contribution in [1.82, 2.24) is 9.80 Å². The molecule has 1 unspecified atom stereocenters. The van der Waals surface area contributed by atoms with Crippen molar-refractivity contribution in [3.63, 3.8) is 0 Å². The van der Waals surface area contributed by atoms with Crippen LogP contribution in [-0.4, -0.2) is 62.0 Å². The lowest BCUT2D eigenvalue weighted by atomic mass is 9.87. The van der Waals surface area contributed by atoms with Gasteiger partial charge in [-0.3, -0.25) is 9.69 Å². The van der Waals surface area contributed by atoms with Crippen LogP contribution in [0.3, 0.4) is 0 Å². The van der Waals surface area contributed by atoms with Crippen LogP contribution < -0.4 is 4.90 Å². The summed E-state index contributed by atoms with van der Waals surface area (Å²) in [4.78, 5) is 19.3. The van der Waals surface area contributed by atoms with Gasteiger partial charge in [-0.05, 0) is 55.3 Å². The Bertz CT molecular complexity index is 874. The Balaban J connectivity index is 0.00000171. The summed E-state index contributed by atoms with van der Waals surface area (Å²) < 4.78 is 27.5. The lowest BCUT2D eigenvalue weighted by Crippen LogP contribution is -2.49. The number of likely N-dealkylation sites (N-methyl/N-ethyl adjacent to an activating group) is 1. The molecule has 8 heteroatoms. The van der Waals surface area contributed by atoms with Gasteiger partial charge in [0.15, 0.2) is 0 Å². The Labute approximate surface area is 195 Å². The third-order valence-corrected chi connectivity index (χ3v) is 6.06. The number of piperazine rings is 1. The largest absolute Gasteiger partial charge is 0.311 e. The minimum atomic E-state index is -0.346. The minimum absolute atomic E-state index is 0. The molecule has 0 radical (unpaired) electrons. The molecule has 1 atom stereocenters. The first kappa shape index (κ1) is 25.5. The molecule has 2 aliphatic rings. The Morgan fingerprint density at radius 3 is 2.26 bits per heavy atom. The number of carbonyl (C=O) groups is 1. The van der Waals surface area contributed by atoms with Crippen molar-refractivity contribution in [3.8, 4) is 0 Å². The van der Waals surface area contributed by atoms with E-state index in [0.717, 1.165) is 50.1 Å². The summed E-state index contributed by atoms with van der Waals surface area (Å²) in [5.41, 5.74) is 2.57. The molecular weight excluding hydrogens is 443 g/mol. The second-order valence-corrected chi connectivity index (χ2v) is 8.07. The first-order chi connectivity index (χ1) is 14.0. The monoisotopic (exact) mass is 471 g/mol. The molecule has 0 aliphatic carbocycles. The summed E-state index contributed by atoms with van der Waals surface area (Å²) in [5, 5.41) is 0. The number of nitrogens with zero attached hydrogens (tertiary/aromatic N) is 3. The summed E-state index contributed by atoms with van der Waals surface area (Å²) in [6.45, 7) is 4.55. The fourth-order valence-electron chi connectivity index (χ4n) is 4.36. The van der Waals surface area contributed by atoms with Gasteiger partial charge in [-0.1, -0.05) is 18.2 Å². The lowest BCUT2D eigenvalue weighted by molar-refractivity contribution is -0.120. The van der Waals surface area contributed by atoms with E-state index in [9.17, 15) is 13.6 Å². The average Bonchev–Trinajstić information content (AvgIpc) is 2.90. The van der Waals surface area contributed by atoms with Crippen molar-refractivity contribution in [2.45, 2.75) is 18.8 Å². The van der Waals surface area contributed by atoms with Gasteiger partial charge in [-0.25, -0.2) is 8.78 Å². The maximum Gasteiger partial charge on any atom is 0.241 e. The number of anilines is 1. The predicted octanol–water partition coefficient (Wildman–Crippen LogP) is 4.31. The molecule has 2 heterocycles. The predicted molar refractivity (Wildman–Crippen MR) is 125 cm³/mol. The van der Waals surface area contributed by atoms with Crippen molar-refractivity contribution in [3.05, 3.63) is 65.2 Å². The topological polar surface area (TPSA) is 26.8 Å². The number of fused-ring (bicyclic) bond motifs is 1. The molecular formula is C23H29Cl2F2N3O. The fourth-order valence-corrected chi connectivity index (χ4v) is 4.36. The van der Waals surface area contributed by atoms with Crippen molar-refractivity contribution < 1.29 is 13.6 Å². The molecule has 0 saturated carbocycles. The zero-order chi connectivity index (χ0) is 20.4. The summed E-state index contributed by atoms with van der Waals surface area (Å²) in [6.07, 6.45) is 1.65. The molecule has 170 valence electrons. The zero-order valence-electron chi connectivity index (χ0n) is 17.6. The van der Waals surface area contributed by atoms with Gasteiger partial charge in [0.05, 0.1) is 12.2 Å². The molecule has 1 saturated heterocycles. The number of halogens is 4. The zero-order valence-corrected chi connectivity index (χ0v) is 19.2. The van der Waals surface area contributed by atoms with Crippen LogP contribution in [0.2, 0.25) is 0 Å². The fraction of sp³-hybridized carbons (Fsp3) is 0.435. The Morgan fingerprint density at radius 2 is 1.58 bits per heavy atom.